The molecule has 5 nitrogen and oxygen atoms in total. The lowest BCUT2D eigenvalue weighted by molar-refractivity contribution is 0.237. The van der Waals surface area contributed by atoms with Crippen LogP contribution in [0.25, 0.3) is 0 Å². The minimum absolute atomic E-state index is 0.370. The van der Waals surface area contributed by atoms with Crippen molar-refractivity contribution in [1.29, 1.82) is 0 Å². The molecule has 0 atom stereocenters. The molecule has 0 bridgehead atoms. The standard InChI is InChI=1S/C18H29N5/c19-15-10-14(11-15)16-12-17(22-18(21-16)13-4-5-13)20-6-9-23-7-2-1-3-8-23/h12-15H,1-11,19H2,(H,20,21,22). The molecule has 1 aromatic rings. The fraction of sp³-hybridized carbons (Fsp3) is 0.778. The zero-order chi connectivity index (χ0) is 15.6. The highest BCUT2D eigenvalue weighted by molar-refractivity contribution is 5.39. The van der Waals surface area contributed by atoms with E-state index in [-0.39, 0.29) is 0 Å². The molecule has 126 valence electrons. The van der Waals surface area contributed by atoms with E-state index >= 15 is 0 Å². The average molecular weight is 315 g/mol. The Labute approximate surface area is 139 Å². The number of hydrogen-bond acceptors (Lipinski definition) is 5. The quantitative estimate of drug-likeness (QED) is 0.844. The van der Waals surface area contributed by atoms with Gasteiger partial charge in [-0.05, 0) is 51.6 Å². The maximum absolute atomic E-state index is 5.95. The number of likely N-dealkylation sites (tertiary alicyclic amines) is 1. The van der Waals surface area contributed by atoms with Gasteiger partial charge >= 0.3 is 0 Å². The van der Waals surface area contributed by atoms with Crippen molar-refractivity contribution in [2.24, 2.45) is 5.73 Å². The van der Waals surface area contributed by atoms with E-state index in [2.05, 4.69) is 16.3 Å². The van der Waals surface area contributed by atoms with Gasteiger partial charge in [0.1, 0.15) is 11.6 Å². The first-order valence-electron chi connectivity index (χ1n) is 9.38. The molecule has 2 saturated carbocycles. The zero-order valence-electron chi connectivity index (χ0n) is 14.0. The molecule has 0 radical (unpaired) electrons. The van der Waals surface area contributed by atoms with Gasteiger partial charge in [0.15, 0.2) is 0 Å². The van der Waals surface area contributed by atoms with Crippen LogP contribution in [0.1, 0.15) is 68.3 Å². The van der Waals surface area contributed by atoms with Crippen LogP contribution in [-0.4, -0.2) is 47.1 Å². The van der Waals surface area contributed by atoms with Crippen LogP contribution in [0, 0.1) is 0 Å². The third-order valence-electron chi connectivity index (χ3n) is 5.48. The number of hydrogen-bond donors (Lipinski definition) is 2. The Kier molecular flexibility index (Phi) is 4.49. The Morgan fingerprint density at radius 2 is 1.87 bits per heavy atom. The Morgan fingerprint density at radius 1 is 1.09 bits per heavy atom. The molecule has 3 N–H and O–H groups in total. The third-order valence-corrected chi connectivity index (χ3v) is 5.48. The minimum Gasteiger partial charge on any atom is -0.369 e. The van der Waals surface area contributed by atoms with Crippen molar-refractivity contribution in [2.45, 2.75) is 62.8 Å². The molecule has 1 aromatic heterocycles. The summed E-state index contributed by atoms with van der Waals surface area (Å²) in [4.78, 5) is 12.2. The number of nitrogens with zero attached hydrogens (tertiary/aromatic N) is 3. The monoisotopic (exact) mass is 315 g/mol. The molecule has 3 aliphatic rings. The Bertz CT molecular complexity index is 530. The van der Waals surface area contributed by atoms with Gasteiger partial charge in [-0.1, -0.05) is 6.42 Å². The molecule has 1 saturated heterocycles. The van der Waals surface area contributed by atoms with Crippen molar-refractivity contribution >= 4 is 5.82 Å². The van der Waals surface area contributed by atoms with E-state index < -0.39 is 0 Å². The number of anilines is 1. The van der Waals surface area contributed by atoms with Crippen molar-refractivity contribution in [2.75, 3.05) is 31.5 Å². The van der Waals surface area contributed by atoms with E-state index in [1.807, 2.05) is 0 Å². The van der Waals surface area contributed by atoms with Gasteiger partial charge in [0.2, 0.25) is 0 Å². The number of nitrogens with two attached hydrogens (primary N) is 1. The van der Waals surface area contributed by atoms with Crippen LogP contribution in [-0.2, 0) is 0 Å². The first kappa shape index (κ1) is 15.3. The smallest absolute Gasteiger partial charge is 0.134 e. The first-order chi connectivity index (χ1) is 11.3. The molecule has 1 aliphatic heterocycles. The fourth-order valence-corrected chi connectivity index (χ4v) is 3.74. The number of piperidine rings is 1. The molecular weight excluding hydrogens is 286 g/mol. The van der Waals surface area contributed by atoms with Crippen molar-refractivity contribution in [3.05, 3.63) is 17.6 Å². The molecule has 2 aliphatic carbocycles. The van der Waals surface area contributed by atoms with Crippen LogP contribution in [0.4, 0.5) is 5.82 Å². The average Bonchev–Trinajstić information content (AvgIpc) is 3.38. The van der Waals surface area contributed by atoms with E-state index in [4.69, 9.17) is 15.7 Å². The van der Waals surface area contributed by atoms with E-state index in [9.17, 15) is 0 Å². The Morgan fingerprint density at radius 3 is 2.57 bits per heavy atom. The molecule has 4 rings (SSSR count). The summed E-state index contributed by atoms with van der Waals surface area (Å²) >= 11 is 0. The van der Waals surface area contributed by atoms with Gasteiger partial charge in [0.05, 0.1) is 0 Å². The lowest BCUT2D eigenvalue weighted by Gasteiger charge is -2.32. The van der Waals surface area contributed by atoms with Crippen molar-refractivity contribution in [1.82, 2.24) is 14.9 Å². The minimum atomic E-state index is 0.370. The highest BCUT2D eigenvalue weighted by Gasteiger charge is 2.32. The van der Waals surface area contributed by atoms with Gasteiger partial charge in [-0.25, -0.2) is 9.97 Å². The third kappa shape index (κ3) is 3.83. The van der Waals surface area contributed by atoms with E-state index in [0.29, 0.717) is 17.9 Å². The SMILES string of the molecule is NC1CC(c2cc(NCCN3CCCCC3)nc(C3CC3)n2)C1. The second-order valence-corrected chi connectivity index (χ2v) is 7.57. The molecule has 0 spiro atoms. The maximum atomic E-state index is 5.95. The molecule has 2 heterocycles. The van der Waals surface area contributed by atoms with Crippen LogP contribution >= 0.6 is 0 Å². The zero-order valence-corrected chi connectivity index (χ0v) is 14.0. The molecule has 0 unspecified atom stereocenters. The number of nitrogens with one attached hydrogen (secondary N) is 1. The van der Waals surface area contributed by atoms with E-state index in [0.717, 1.165) is 37.6 Å². The lowest BCUT2D eigenvalue weighted by Crippen LogP contribution is -2.35. The summed E-state index contributed by atoms with van der Waals surface area (Å²) in [6.45, 7) is 4.60. The normalized spacial score (nSPS) is 28.4. The highest BCUT2D eigenvalue weighted by Crippen LogP contribution is 2.41. The predicted octanol–water partition coefficient (Wildman–Crippen LogP) is 2.46. The second kappa shape index (κ2) is 6.73. The lowest BCUT2D eigenvalue weighted by atomic mass is 9.78. The van der Waals surface area contributed by atoms with Gasteiger partial charge < -0.3 is 16.0 Å². The van der Waals surface area contributed by atoms with Gasteiger partial charge in [0.25, 0.3) is 0 Å². The number of rotatable bonds is 6. The summed E-state index contributed by atoms with van der Waals surface area (Å²) < 4.78 is 0. The van der Waals surface area contributed by atoms with Gasteiger partial charge in [-0.2, -0.15) is 0 Å². The number of aromatic nitrogens is 2. The van der Waals surface area contributed by atoms with Crippen LogP contribution in [0.5, 0.6) is 0 Å². The molecule has 5 heteroatoms. The van der Waals surface area contributed by atoms with Crippen molar-refractivity contribution in [3.63, 3.8) is 0 Å². The van der Waals surface area contributed by atoms with Crippen LogP contribution in [0.15, 0.2) is 6.07 Å². The summed E-state index contributed by atoms with van der Waals surface area (Å²) in [5, 5.41) is 3.55. The van der Waals surface area contributed by atoms with Crippen LogP contribution in [0.3, 0.4) is 0 Å². The van der Waals surface area contributed by atoms with Gasteiger partial charge in [-0.15, -0.1) is 0 Å². The summed E-state index contributed by atoms with van der Waals surface area (Å²) in [7, 11) is 0. The highest BCUT2D eigenvalue weighted by atomic mass is 15.1. The summed E-state index contributed by atoms with van der Waals surface area (Å²) in [5.74, 6) is 3.23. The van der Waals surface area contributed by atoms with Gasteiger partial charge in [0, 0.05) is 42.7 Å². The topological polar surface area (TPSA) is 67.1 Å². The van der Waals surface area contributed by atoms with E-state index in [1.54, 1.807) is 0 Å². The first-order valence-corrected chi connectivity index (χ1v) is 9.38. The fourth-order valence-electron chi connectivity index (χ4n) is 3.74. The molecule has 23 heavy (non-hydrogen) atoms. The maximum Gasteiger partial charge on any atom is 0.134 e. The largest absolute Gasteiger partial charge is 0.369 e. The second-order valence-electron chi connectivity index (χ2n) is 7.57. The van der Waals surface area contributed by atoms with Gasteiger partial charge in [-0.3, -0.25) is 0 Å². The predicted molar refractivity (Wildman–Crippen MR) is 92.7 cm³/mol. The Hall–Kier alpha value is -1.20. The van der Waals surface area contributed by atoms with Crippen LogP contribution < -0.4 is 11.1 Å². The molecular formula is C18H29N5. The molecule has 3 fully saturated rings. The van der Waals surface area contributed by atoms with Crippen molar-refractivity contribution in [3.8, 4) is 0 Å². The molecule has 0 amide bonds. The van der Waals surface area contributed by atoms with Crippen LogP contribution in [0.2, 0.25) is 0 Å². The molecule has 0 aromatic carbocycles. The Balaban J connectivity index is 1.38. The van der Waals surface area contributed by atoms with Crippen molar-refractivity contribution < 1.29 is 0 Å². The van der Waals surface area contributed by atoms with E-state index in [1.165, 1.54) is 50.9 Å². The summed E-state index contributed by atoms with van der Waals surface area (Å²) in [6.07, 6.45) is 8.76. The summed E-state index contributed by atoms with van der Waals surface area (Å²) in [5.41, 5.74) is 7.16. The summed E-state index contributed by atoms with van der Waals surface area (Å²) in [6, 6.07) is 2.54.